The fourth-order valence-corrected chi connectivity index (χ4v) is 7.38. The summed E-state index contributed by atoms with van der Waals surface area (Å²) in [7, 11) is 0. The van der Waals surface area contributed by atoms with Gasteiger partial charge in [0.15, 0.2) is 6.29 Å². The Bertz CT molecular complexity index is 1050. The van der Waals surface area contributed by atoms with Crippen LogP contribution in [0.1, 0.15) is 194 Å². The number of nitrogens with one attached hydrogen (secondary N) is 1. The van der Waals surface area contributed by atoms with Gasteiger partial charge in [-0.3, -0.25) is 4.79 Å². The molecule has 1 saturated heterocycles. The monoisotopic (exact) mass is 840 g/mol. The van der Waals surface area contributed by atoms with Crippen molar-refractivity contribution in [1.29, 1.82) is 0 Å². The molecule has 0 radical (unpaired) electrons. The highest BCUT2D eigenvalue weighted by atomic mass is 16.7. The molecule has 0 bridgehead atoms. The van der Waals surface area contributed by atoms with Gasteiger partial charge in [-0.25, -0.2) is 0 Å². The van der Waals surface area contributed by atoms with Gasteiger partial charge in [0.05, 0.1) is 25.4 Å². The predicted molar refractivity (Wildman–Crippen MR) is 238 cm³/mol. The van der Waals surface area contributed by atoms with Gasteiger partial charge in [-0.15, -0.1) is 0 Å². The van der Waals surface area contributed by atoms with Crippen molar-refractivity contribution in [3.63, 3.8) is 0 Å². The Morgan fingerprint density at radius 3 is 1.56 bits per heavy atom. The minimum absolute atomic E-state index is 0.228. The second kappa shape index (κ2) is 38.0. The minimum atomic E-state index is -1.67. The van der Waals surface area contributed by atoms with Crippen molar-refractivity contribution >= 4 is 5.91 Å². The van der Waals surface area contributed by atoms with Crippen molar-refractivity contribution in [3.8, 4) is 0 Å². The lowest BCUT2D eigenvalue weighted by atomic mass is 9.98. The first-order valence-corrected chi connectivity index (χ1v) is 23.9. The van der Waals surface area contributed by atoms with Crippen LogP contribution in [0, 0.1) is 0 Å². The molecule has 1 aliphatic heterocycles. The fourth-order valence-electron chi connectivity index (χ4n) is 7.38. The Hall–Kier alpha value is -1.67. The third kappa shape index (κ3) is 27.8. The molecule has 1 fully saturated rings. The van der Waals surface area contributed by atoms with E-state index in [9.17, 15) is 40.5 Å². The van der Waals surface area contributed by atoms with Crippen molar-refractivity contribution in [2.45, 2.75) is 249 Å². The van der Waals surface area contributed by atoms with Crippen molar-refractivity contribution < 1.29 is 50.0 Å². The number of ether oxygens (including phenoxy) is 2. The van der Waals surface area contributed by atoms with E-state index < -0.39 is 74.2 Å². The maximum absolute atomic E-state index is 13.0. The molecule has 346 valence electrons. The predicted octanol–water partition coefficient (Wildman–Crippen LogP) is 8.00. The van der Waals surface area contributed by atoms with Gasteiger partial charge in [-0.1, -0.05) is 159 Å². The minimum Gasteiger partial charge on any atom is -0.394 e. The third-order valence-corrected chi connectivity index (χ3v) is 11.4. The summed E-state index contributed by atoms with van der Waals surface area (Å²) in [5.74, 6) is -0.727. The largest absolute Gasteiger partial charge is 0.394 e. The molecule has 1 aliphatic rings. The number of aliphatic hydroxyl groups is 7. The lowest BCUT2D eigenvalue weighted by Gasteiger charge is -2.40. The second-order valence-corrected chi connectivity index (χ2v) is 16.8. The number of aliphatic hydroxyl groups excluding tert-OH is 7. The summed E-state index contributed by atoms with van der Waals surface area (Å²) >= 11 is 0. The van der Waals surface area contributed by atoms with Crippen LogP contribution in [0.3, 0.4) is 0 Å². The zero-order chi connectivity index (χ0) is 43.4. The van der Waals surface area contributed by atoms with Crippen LogP contribution in [-0.4, -0.2) is 110 Å². The first-order chi connectivity index (χ1) is 28.7. The standard InChI is InChI=1S/C48H89NO10/c1-3-5-7-9-11-13-14-15-16-17-18-19-20-21-22-23-24-25-26-28-29-31-33-35-40(51)43(53)39(38-58-48-46(56)45(55)44(54)42(37-50)59-48)49-47(57)41(52)36-34-32-30-27-12-10-8-6-4-2/h10,12,23-24,28-29,39-46,48,50-56H,3-9,11,13-22,25-27,30-38H2,1-2H3,(H,49,57)/b12-10-,24-23+,29-28+. The van der Waals surface area contributed by atoms with Crippen molar-refractivity contribution in [2.75, 3.05) is 13.2 Å². The lowest BCUT2D eigenvalue weighted by molar-refractivity contribution is -0.303. The van der Waals surface area contributed by atoms with E-state index in [0.717, 1.165) is 51.4 Å². The SMILES string of the molecule is CCCC/C=C\CCCCCC(O)C(=O)NC(COC1OC(CO)C(O)C(O)C1O)C(O)C(O)CCC/C=C/CC/C=C/CCCCCCCCCCCCCCCC. The van der Waals surface area contributed by atoms with Crippen LogP contribution in [0.4, 0.5) is 0 Å². The number of carbonyl (C=O) groups excluding carboxylic acids is 1. The van der Waals surface area contributed by atoms with Crippen LogP contribution in [0.25, 0.3) is 0 Å². The first kappa shape index (κ1) is 55.3. The summed E-state index contributed by atoms with van der Waals surface area (Å²) in [6.45, 7) is 3.34. The Morgan fingerprint density at radius 1 is 0.576 bits per heavy atom. The van der Waals surface area contributed by atoms with Gasteiger partial charge in [0, 0.05) is 0 Å². The summed E-state index contributed by atoms with van der Waals surface area (Å²) in [6.07, 6.45) is 32.3. The highest BCUT2D eigenvalue weighted by Crippen LogP contribution is 2.23. The summed E-state index contributed by atoms with van der Waals surface area (Å²) in [6, 6.07) is -1.19. The Labute approximate surface area is 358 Å². The number of rotatable bonds is 39. The smallest absolute Gasteiger partial charge is 0.249 e. The molecule has 11 nitrogen and oxygen atoms in total. The van der Waals surface area contributed by atoms with E-state index in [2.05, 4.69) is 55.6 Å². The molecule has 8 N–H and O–H groups in total. The molecule has 0 aromatic carbocycles. The number of allylic oxidation sites excluding steroid dienone is 6. The van der Waals surface area contributed by atoms with E-state index in [1.165, 1.54) is 96.3 Å². The summed E-state index contributed by atoms with van der Waals surface area (Å²) in [5.41, 5.74) is 0. The van der Waals surface area contributed by atoms with Gasteiger partial charge in [0.1, 0.15) is 36.6 Å². The molecule has 0 saturated carbocycles. The lowest BCUT2D eigenvalue weighted by Crippen LogP contribution is -2.60. The second-order valence-electron chi connectivity index (χ2n) is 16.8. The summed E-state index contributed by atoms with van der Waals surface area (Å²) < 4.78 is 11.0. The highest BCUT2D eigenvalue weighted by molar-refractivity contribution is 5.80. The van der Waals surface area contributed by atoms with E-state index >= 15 is 0 Å². The van der Waals surface area contributed by atoms with E-state index in [1.807, 2.05) is 0 Å². The number of hydrogen-bond acceptors (Lipinski definition) is 10. The van der Waals surface area contributed by atoms with Crippen LogP contribution < -0.4 is 5.32 Å². The molecule has 1 heterocycles. The van der Waals surface area contributed by atoms with Crippen LogP contribution in [0.2, 0.25) is 0 Å². The molecule has 1 rings (SSSR count). The zero-order valence-corrected chi connectivity index (χ0v) is 37.2. The molecule has 0 aromatic rings. The fraction of sp³-hybridized carbons (Fsp3) is 0.854. The maximum Gasteiger partial charge on any atom is 0.249 e. The van der Waals surface area contributed by atoms with Crippen molar-refractivity contribution in [1.82, 2.24) is 5.32 Å². The summed E-state index contributed by atoms with van der Waals surface area (Å²) in [4.78, 5) is 13.0. The van der Waals surface area contributed by atoms with Crippen molar-refractivity contribution in [2.24, 2.45) is 0 Å². The van der Waals surface area contributed by atoms with Gasteiger partial charge < -0.3 is 50.5 Å². The van der Waals surface area contributed by atoms with Gasteiger partial charge >= 0.3 is 0 Å². The van der Waals surface area contributed by atoms with Crippen LogP contribution in [0.15, 0.2) is 36.5 Å². The molecule has 11 heteroatoms. The Morgan fingerprint density at radius 2 is 1.03 bits per heavy atom. The quantitative estimate of drug-likeness (QED) is 0.0223. The molecular formula is C48H89NO10. The molecule has 1 amide bonds. The zero-order valence-electron chi connectivity index (χ0n) is 37.2. The van der Waals surface area contributed by atoms with E-state index in [4.69, 9.17) is 9.47 Å². The summed E-state index contributed by atoms with van der Waals surface area (Å²) in [5, 5.41) is 75.4. The molecule has 0 spiro atoms. The highest BCUT2D eigenvalue weighted by Gasteiger charge is 2.44. The maximum atomic E-state index is 13.0. The van der Waals surface area contributed by atoms with E-state index in [1.54, 1.807) is 0 Å². The Kier molecular flexibility index (Phi) is 35.7. The van der Waals surface area contributed by atoms with Crippen LogP contribution in [-0.2, 0) is 14.3 Å². The number of hydrogen-bond donors (Lipinski definition) is 8. The van der Waals surface area contributed by atoms with Crippen LogP contribution in [0.5, 0.6) is 0 Å². The van der Waals surface area contributed by atoms with Gasteiger partial charge in [-0.2, -0.15) is 0 Å². The number of unbranched alkanes of at least 4 members (excludes halogenated alkanes) is 21. The van der Waals surface area contributed by atoms with Gasteiger partial charge in [0.2, 0.25) is 5.91 Å². The van der Waals surface area contributed by atoms with Crippen molar-refractivity contribution in [3.05, 3.63) is 36.5 Å². The third-order valence-electron chi connectivity index (χ3n) is 11.4. The number of carbonyl (C=O) groups is 1. The average Bonchev–Trinajstić information content (AvgIpc) is 3.23. The Balaban J connectivity index is 2.40. The van der Waals surface area contributed by atoms with Gasteiger partial charge in [-0.05, 0) is 70.6 Å². The number of amides is 1. The van der Waals surface area contributed by atoms with E-state index in [0.29, 0.717) is 19.3 Å². The van der Waals surface area contributed by atoms with E-state index in [-0.39, 0.29) is 12.8 Å². The first-order valence-electron chi connectivity index (χ1n) is 23.9. The van der Waals surface area contributed by atoms with Crippen LogP contribution >= 0.6 is 0 Å². The normalized spacial score (nSPS) is 22.1. The molecule has 9 atom stereocenters. The molecule has 59 heavy (non-hydrogen) atoms. The molecular weight excluding hydrogens is 751 g/mol. The average molecular weight is 840 g/mol. The molecule has 0 aromatic heterocycles. The molecule has 9 unspecified atom stereocenters. The van der Waals surface area contributed by atoms with Gasteiger partial charge in [0.25, 0.3) is 0 Å². The molecule has 0 aliphatic carbocycles. The topological polar surface area (TPSA) is 189 Å².